The number of rotatable bonds is 3. The number of pyridine rings is 1. The van der Waals surface area contributed by atoms with Crippen LogP contribution in [-0.4, -0.2) is 55.3 Å². The first kappa shape index (κ1) is 19.6. The molecule has 0 radical (unpaired) electrons. The van der Waals surface area contributed by atoms with Crippen LogP contribution in [0.3, 0.4) is 0 Å². The summed E-state index contributed by atoms with van der Waals surface area (Å²) in [5.41, 5.74) is 1.04. The van der Waals surface area contributed by atoms with Crippen molar-refractivity contribution in [3.8, 4) is 0 Å². The average molecular weight is 380 g/mol. The first-order valence-corrected chi connectivity index (χ1v) is 11.5. The van der Waals surface area contributed by atoms with E-state index in [4.69, 9.17) is 0 Å². The third-order valence-electron chi connectivity index (χ3n) is 5.72. The van der Waals surface area contributed by atoms with Crippen molar-refractivity contribution in [1.82, 2.24) is 9.88 Å². The zero-order valence-corrected chi connectivity index (χ0v) is 17.3. The second kappa shape index (κ2) is 7.85. The van der Waals surface area contributed by atoms with E-state index in [2.05, 4.69) is 14.8 Å². The molecule has 5 nitrogen and oxygen atoms in total. The van der Waals surface area contributed by atoms with Crippen molar-refractivity contribution in [1.29, 1.82) is 0 Å². The summed E-state index contributed by atoms with van der Waals surface area (Å²) < 4.78 is 24.3. The van der Waals surface area contributed by atoms with Gasteiger partial charge in [0.05, 0.1) is 16.6 Å². The smallest absolute Gasteiger partial charge is 0.200 e. The van der Waals surface area contributed by atoms with Crippen LogP contribution in [0.4, 0.5) is 5.69 Å². The van der Waals surface area contributed by atoms with Crippen LogP contribution in [0.1, 0.15) is 59.3 Å². The van der Waals surface area contributed by atoms with Crippen molar-refractivity contribution in [2.45, 2.75) is 75.1 Å². The Bertz CT molecular complexity index is 687. The Balaban J connectivity index is 1.71. The van der Waals surface area contributed by atoms with Gasteiger partial charge in [-0.1, -0.05) is 12.8 Å². The van der Waals surface area contributed by atoms with E-state index in [1.165, 1.54) is 51.6 Å². The van der Waals surface area contributed by atoms with Gasteiger partial charge < -0.3 is 4.90 Å². The molecule has 1 aromatic rings. The Kier molecular flexibility index (Phi) is 5.92. The molecule has 26 heavy (non-hydrogen) atoms. The monoisotopic (exact) mass is 379 g/mol. The molecular weight excluding hydrogens is 346 g/mol. The highest BCUT2D eigenvalue weighted by atomic mass is 32.2. The summed E-state index contributed by atoms with van der Waals surface area (Å²) in [5.74, 6) is 0. The number of sulfone groups is 1. The number of likely N-dealkylation sites (tertiary alicyclic amines) is 1. The molecule has 3 heterocycles. The fourth-order valence-corrected chi connectivity index (χ4v) is 5.05. The maximum Gasteiger partial charge on any atom is 0.200 e. The Morgan fingerprint density at radius 3 is 2.27 bits per heavy atom. The average Bonchev–Trinajstić information content (AvgIpc) is 2.90. The van der Waals surface area contributed by atoms with E-state index >= 15 is 0 Å². The SMILES string of the molecule is CC(C)(C)S(=O)(=O)c1ccc(N2CCCC(N3CCCCCC3)C2)cn1. The van der Waals surface area contributed by atoms with E-state index in [1.54, 1.807) is 33.0 Å². The molecule has 0 saturated carbocycles. The van der Waals surface area contributed by atoms with Gasteiger partial charge in [0.15, 0.2) is 14.9 Å². The van der Waals surface area contributed by atoms with Crippen molar-refractivity contribution in [2.24, 2.45) is 0 Å². The Morgan fingerprint density at radius 1 is 1.00 bits per heavy atom. The second-order valence-electron chi connectivity index (χ2n) is 8.66. The molecule has 3 rings (SSSR count). The van der Waals surface area contributed by atoms with Gasteiger partial charge in [-0.15, -0.1) is 0 Å². The molecule has 2 fully saturated rings. The van der Waals surface area contributed by atoms with Crippen LogP contribution in [0.25, 0.3) is 0 Å². The van der Waals surface area contributed by atoms with E-state index in [1.807, 2.05) is 6.07 Å². The zero-order chi connectivity index (χ0) is 18.8. The largest absolute Gasteiger partial charge is 0.369 e. The number of aromatic nitrogens is 1. The van der Waals surface area contributed by atoms with Crippen molar-refractivity contribution in [3.63, 3.8) is 0 Å². The summed E-state index contributed by atoms with van der Waals surface area (Å²) in [5, 5.41) is 0.176. The van der Waals surface area contributed by atoms with E-state index < -0.39 is 14.6 Å². The Morgan fingerprint density at radius 2 is 1.69 bits per heavy atom. The van der Waals surface area contributed by atoms with E-state index in [0.717, 1.165) is 18.8 Å². The molecule has 146 valence electrons. The fourth-order valence-electron chi connectivity index (χ4n) is 3.98. The summed E-state index contributed by atoms with van der Waals surface area (Å²) in [6.07, 6.45) is 9.54. The number of anilines is 1. The van der Waals surface area contributed by atoms with E-state index in [-0.39, 0.29) is 5.03 Å². The lowest BCUT2D eigenvalue weighted by Crippen LogP contribution is -2.48. The van der Waals surface area contributed by atoms with Gasteiger partial charge in [-0.05, 0) is 71.7 Å². The summed E-state index contributed by atoms with van der Waals surface area (Å²) in [4.78, 5) is 9.35. The van der Waals surface area contributed by atoms with Gasteiger partial charge in [0, 0.05) is 19.1 Å². The molecule has 0 N–H and O–H groups in total. The van der Waals surface area contributed by atoms with Crippen LogP contribution in [0.15, 0.2) is 23.4 Å². The van der Waals surface area contributed by atoms with Gasteiger partial charge in [-0.25, -0.2) is 13.4 Å². The zero-order valence-electron chi connectivity index (χ0n) is 16.4. The lowest BCUT2D eigenvalue weighted by Gasteiger charge is -2.40. The predicted molar refractivity (Wildman–Crippen MR) is 106 cm³/mol. The molecule has 0 spiro atoms. The molecule has 2 saturated heterocycles. The van der Waals surface area contributed by atoms with Gasteiger partial charge in [-0.2, -0.15) is 0 Å². The van der Waals surface area contributed by atoms with Crippen LogP contribution >= 0.6 is 0 Å². The van der Waals surface area contributed by atoms with Crippen LogP contribution in [0.5, 0.6) is 0 Å². The van der Waals surface area contributed by atoms with Gasteiger partial charge >= 0.3 is 0 Å². The summed E-state index contributed by atoms with van der Waals surface area (Å²) >= 11 is 0. The lowest BCUT2D eigenvalue weighted by atomic mass is 10.0. The van der Waals surface area contributed by atoms with E-state index in [0.29, 0.717) is 6.04 Å². The highest BCUT2D eigenvalue weighted by molar-refractivity contribution is 7.92. The highest BCUT2D eigenvalue weighted by Crippen LogP contribution is 2.27. The maximum absolute atomic E-state index is 12.5. The van der Waals surface area contributed by atoms with Gasteiger partial charge in [0.25, 0.3) is 0 Å². The molecule has 0 aliphatic carbocycles. The molecule has 6 heteroatoms. The number of hydrogen-bond acceptors (Lipinski definition) is 5. The minimum Gasteiger partial charge on any atom is -0.369 e. The molecule has 0 amide bonds. The second-order valence-corrected chi connectivity index (χ2v) is 11.3. The van der Waals surface area contributed by atoms with Crippen molar-refractivity contribution >= 4 is 15.5 Å². The summed E-state index contributed by atoms with van der Waals surface area (Å²) in [6, 6.07) is 4.21. The number of piperidine rings is 1. The first-order chi connectivity index (χ1) is 12.3. The minimum atomic E-state index is -3.39. The maximum atomic E-state index is 12.5. The fraction of sp³-hybridized carbons (Fsp3) is 0.750. The molecular formula is C20H33N3O2S. The molecule has 1 aromatic heterocycles. The van der Waals surface area contributed by atoms with Crippen molar-refractivity contribution in [2.75, 3.05) is 31.1 Å². The quantitative estimate of drug-likeness (QED) is 0.804. The standard InChI is InChI=1S/C20H33N3O2S/c1-20(2,3)26(24,25)19-11-10-17(15-21-19)23-14-8-9-18(16-23)22-12-6-4-5-7-13-22/h10-11,15,18H,4-9,12-14,16H2,1-3H3. The topological polar surface area (TPSA) is 53.5 Å². The molecule has 1 unspecified atom stereocenters. The summed E-state index contributed by atoms with van der Waals surface area (Å²) in [6.45, 7) is 9.64. The van der Waals surface area contributed by atoms with E-state index in [9.17, 15) is 8.42 Å². The summed E-state index contributed by atoms with van der Waals surface area (Å²) in [7, 11) is -3.39. The van der Waals surface area contributed by atoms with Crippen molar-refractivity contribution in [3.05, 3.63) is 18.3 Å². The Hall–Kier alpha value is -1.14. The number of nitrogens with zero attached hydrogens (tertiary/aromatic N) is 3. The third kappa shape index (κ3) is 4.22. The van der Waals surface area contributed by atoms with Crippen LogP contribution in [0.2, 0.25) is 0 Å². The minimum absolute atomic E-state index is 0.176. The van der Waals surface area contributed by atoms with Gasteiger partial charge in [0.1, 0.15) is 0 Å². The lowest BCUT2D eigenvalue weighted by molar-refractivity contribution is 0.182. The molecule has 1 atom stereocenters. The van der Waals surface area contributed by atoms with Gasteiger partial charge in [-0.3, -0.25) is 4.90 Å². The van der Waals surface area contributed by atoms with Gasteiger partial charge in [0.2, 0.25) is 0 Å². The van der Waals surface area contributed by atoms with Crippen LogP contribution < -0.4 is 4.90 Å². The highest BCUT2D eigenvalue weighted by Gasteiger charge is 2.32. The number of hydrogen-bond donors (Lipinski definition) is 0. The predicted octanol–water partition coefficient (Wildman–Crippen LogP) is 3.50. The molecule has 0 aromatic carbocycles. The first-order valence-electron chi connectivity index (χ1n) is 9.99. The third-order valence-corrected chi connectivity index (χ3v) is 8.13. The van der Waals surface area contributed by atoms with Crippen LogP contribution in [0, 0.1) is 0 Å². The molecule has 2 aliphatic rings. The van der Waals surface area contributed by atoms with Crippen molar-refractivity contribution < 1.29 is 8.42 Å². The molecule has 0 bridgehead atoms. The Labute approximate surface area is 158 Å². The van der Waals surface area contributed by atoms with Crippen LogP contribution in [-0.2, 0) is 9.84 Å². The molecule has 2 aliphatic heterocycles. The normalized spacial score (nSPS) is 23.7.